The zero-order valence-corrected chi connectivity index (χ0v) is 16.3. The first kappa shape index (κ1) is 19.1. The van der Waals surface area contributed by atoms with Crippen LogP contribution in [0.5, 0.6) is 11.5 Å². The van der Waals surface area contributed by atoms with Gasteiger partial charge in [0.1, 0.15) is 12.4 Å². The summed E-state index contributed by atoms with van der Waals surface area (Å²) >= 11 is 1.16. The molecule has 29 heavy (non-hydrogen) atoms. The number of esters is 1. The van der Waals surface area contributed by atoms with Gasteiger partial charge in [0.25, 0.3) is 5.91 Å². The van der Waals surface area contributed by atoms with Crippen molar-refractivity contribution in [2.75, 3.05) is 13.7 Å². The Bertz CT molecular complexity index is 1150. The van der Waals surface area contributed by atoms with Gasteiger partial charge >= 0.3 is 5.97 Å². The average molecular weight is 416 g/mol. The van der Waals surface area contributed by atoms with Gasteiger partial charge in [-0.2, -0.15) is 4.99 Å². The highest BCUT2D eigenvalue weighted by atomic mass is 32.1. The number of amides is 1. The summed E-state index contributed by atoms with van der Waals surface area (Å²) in [6, 6.07) is 11.4. The van der Waals surface area contributed by atoms with E-state index in [1.165, 1.54) is 19.2 Å². The molecular weight excluding hydrogens is 399 g/mol. The fourth-order valence-electron chi connectivity index (χ4n) is 2.96. The van der Waals surface area contributed by atoms with Crippen LogP contribution in [0.15, 0.2) is 47.5 Å². The molecule has 1 aromatic heterocycles. The highest BCUT2D eigenvalue weighted by Crippen LogP contribution is 2.31. The first-order valence-corrected chi connectivity index (χ1v) is 9.69. The monoisotopic (exact) mass is 416 g/mol. The summed E-state index contributed by atoms with van der Waals surface area (Å²) in [5, 5.41) is 0. The third kappa shape index (κ3) is 4.00. The van der Waals surface area contributed by atoms with Crippen LogP contribution in [0.25, 0.3) is 10.2 Å². The van der Waals surface area contributed by atoms with Crippen LogP contribution in [-0.4, -0.2) is 36.3 Å². The molecule has 0 radical (unpaired) electrons. The van der Waals surface area contributed by atoms with Gasteiger partial charge < -0.3 is 18.8 Å². The standard InChI is InChI=1S/C20H17FN2O5S/c1-26-18(24)8-9-23-13-7-6-12(21)10-17(13)29-20(23)22-19(25)16-11-27-14-4-2-3-5-15(14)28-16/h2-7,10,16H,8-9,11H2,1H3/t16-/m0/s1. The maximum atomic E-state index is 13.6. The number of carbonyl (C=O) groups excluding carboxylic acids is 2. The lowest BCUT2D eigenvalue weighted by molar-refractivity contribution is -0.140. The summed E-state index contributed by atoms with van der Waals surface area (Å²) in [5.41, 5.74) is 0.679. The van der Waals surface area contributed by atoms with Gasteiger partial charge in [0, 0.05) is 6.54 Å². The molecule has 0 saturated heterocycles. The van der Waals surface area contributed by atoms with E-state index in [1.54, 1.807) is 28.8 Å². The summed E-state index contributed by atoms with van der Waals surface area (Å²) in [6.07, 6.45) is -0.793. The molecule has 0 spiro atoms. The predicted molar refractivity (Wildman–Crippen MR) is 103 cm³/mol. The number of benzene rings is 2. The molecule has 0 fully saturated rings. The Labute approximate surface area is 169 Å². The molecule has 7 nitrogen and oxygen atoms in total. The van der Waals surface area contributed by atoms with Crippen molar-refractivity contribution >= 4 is 33.4 Å². The lowest BCUT2D eigenvalue weighted by Crippen LogP contribution is -2.36. The zero-order chi connectivity index (χ0) is 20.4. The second-order valence-corrected chi connectivity index (χ2v) is 7.30. The fraction of sp³-hybridized carbons (Fsp3) is 0.250. The average Bonchev–Trinajstić information content (AvgIpc) is 3.07. The molecule has 2 heterocycles. The summed E-state index contributed by atoms with van der Waals surface area (Å²) in [5.74, 6) is -0.251. The maximum Gasteiger partial charge on any atom is 0.307 e. The number of aryl methyl sites for hydroxylation is 1. The van der Waals surface area contributed by atoms with Crippen molar-refractivity contribution < 1.29 is 28.2 Å². The van der Waals surface area contributed by atoms with E-state index in [0.717, 1.165) is 11.3 Å². The minimum absolute atomic E-state index is 0.0427. The number of thiazole rings is 1. The second-order valence-electron chi connectivity index (χ2n) is 6.29. The molecule has 0 saturated carbocycles. The Kier molecular flexibility index (Phi) is 5.30. The van der Waals surface area contributed by atoms with E-state index in [2.05, 4.69) is 9.73 Å². The first-order valence-electron chi connectivity index (χ1n) is 8.88. The van der Waals surface area contributed by atoms with Gasteiger partial charge in [-0.05, 0) is 30.3 Å². The number of methoxy groups -OCH3 is 1. The van der Waals surface area contributed by atoms with Crippen molar-refractivity contribution in [2.45, 2.75) is 19.1 Å². The molecule has 1 amide bonds. The van der Waals surface area contributed by atoms with Crippen LogP contribution < -0.4 is 14.3 Å². The molecule has 1 aliphatic rings. The lowest BCUT2D eigenvalue weighted by atomic mass is 10.2. The number of hydrogen-bond donors (Lipinski definition) is 0. The van der Waals surface area contributed by atoms with E-state index < -0.39 is 23.8 Å². The van der Waals surface area contributed by atoms with Gasteiger partial charge in [-0.25, -0.2) is 4.39 Å². The lowest BCUT2D eigenvalue weighted by Gasteiger charge is -2.23. The number of ether oxygens (including phenoxy) is 3. The number of fused-ring (bicyclic) bond motifs is 2. The Morgan fingerprint density at radius 3 is 2.86 bits per heavy atom. The number of carbonyl (C=O) groups is 2. The molecule has 0 aliphatic carbocycles. The number of hydrogen-bond acceptors (Lipinski definition) is 6. The molecule has 2 aromatic carbocycles. The van der Waals surface area contributed by atoms with Crippen LogP contribution in [0.3, 0.4) is 0 Å². The van der Waals surface area contributed by atoms with Crippen molar-refractivity contribution in [3.05, 3.63) is 53.1 Å². The van der Waals surface area contributed by atoms with Crippen LogP contribution in [0, 0.1) is 5.82 Å². The highest BCUT2D eigenvalue weighted by Gasteiger charge is 2.27. The quantitative estimate of drug-likeness (QED) is 0.611. The van der Waals surface area contributed by atoms with Gasteiger partial charge in [-0.1, -0.05) is 23.5 Å². The fourth-order valence-corrected chi connectivity index (χ4v) is 4.05. The molecule has 1 aliphatic heterocycles. The zero-order valence-electron chi connectivity index (χ0n) is 15.5. The van der Waals surface area contributed by atoms with E-state index in [0.29, 0.717) is 26.5 Å². The number of para-hydroxylation sites is 2. The number of aromatic nitrogens is 1. The molecule has 4 rings (SSSR count). The molecular formula is C20H17FN2O5S. The summed E-state index contributed by atoms with van der Waals surface area (Å²) < 4.78 is 31.9. The number of halogens is 1. The van der Waals surface area contributed by atoms with E-state index >= 15 is 0 Å². The smallest absolute Gasteiger partial charge is 0.307 e. The van der Waals surface area contributed by atoms with Gasteiger partial charge in [0.15, 0.2) is 16.3 Å². The molecule has 9 heteroatoms. The van der Waals surface area contributed by atoms with Crippen LogP contribution in [0.4, 0.5) is 4.39 Å². The molecule has 0 N–H and O–H groups in total. The Morgan fingerprint density at radius 2 is 2.07 bits per heavy atom. The van der Waals surface area contributed by atoms with E-state index in [1.807, 2.05) is 6.07 Å². The summed E-state index contributed by atoms with van der Waals surface area (Å²) in [7, 11) is 1.31. The topological polar surface area (TPSA) is 79.1 Å². The summed E-state index contributed by atoms with van der Waals surface area (Å²) in [4.78, 5) is 28.8. The first-order chi connectivity index (χ1) is 14.0. The van der Waals surface area contributed by atoms with Crippen molar-refractivity contribution in [2.24, 2.45) is 4.99 Å². The molecule has 0 unspecified atom stereocenters. The predicted octanol–water partition coefficient (Wildman–Crippen LogP) is 2.67. The number of rotatable bonds is 4. The second kappa shape index (κ2) is 8.04. The van der Waals surface area contributed by atoms with E-state index in [9.17, 15) is 14.0 Å². The third-order valence-corrected chi connectivity index (χ3v) is 5.44. The molecule has 3 aromatic rings. The van der Waals surface area contributed by atoms with E-state index in [4.69, 9.17) is 9.47 Å². The van der Waals surface area contributed by atoms with Crippen molar-refractivity contribution in [3.63, 3.8) is 0 Å². The highest BCUT2D eigenvalue weighted by molar-refractivity contribution is 7.16. The van der Waals surface area contributed by atoms with Crippen molar-refractivity contribution in [1.29, 1.82) is 0 Å². The van der Waals surface area contributed by atoms with Gasteiger partial charge in [-0.3, -0.25) is 9.59 Å². The van der Waals surface area contributed by atoms with Crippen LogP contribution >= 0.6 is 11.3 Å². The molecule has 1 atom stereocenters. The van der Waals surface area contributed by atoms with Crippen molar-refractivity contribution in [3.8, 4) is 11.5 Å². The third-order valence-electron chi connectivity index (χ3n) is 4.40. The van der Waals surface area contributed by atoms with Gasteiger partial charge in [0.05, 0.1) is 23.7 Å². The van der Waals surface area contributed by atoms with Gasteiger partial charge in [-0.15, -0.1) is 0 Å². The SMILES string of the molecule is COC(=O)CCn1c(=NC(=O)[C@@H]2COc3ccccc3O2)sc2cc(F)ccc21. The van der Waals surface area contributed by atoms with Crippen LogP contribution in [-0.2, 0) is 20.9 Å². The molecule has 0 bridgehead atoms. The maximum absolute atomic E-state index is 13.6. The Morgan fingerprint density at radius 1 is 1.28 bits per heavy atom. The number of nitrogens with zero attached hydrogens (tertiary/aromatic N) is 2. The minimum atomic E-state index is -0.888. The van der Waals surface area contributed by atoms with Gasteiger partial charge in [0.2, 0.25) is 6.10 Å². The van der Waals surface area contributed by atoms with Crippen LogP contribution in [0.2, 0.25) is 0 Å². The Balaban J connectivity index is 1.67. The summed E-state index contributed by atoms with van der Waals surface area (Å²) in [6.45, 7) is 0.288. The normalized spacial score (nSPS) is 16.1. The Hall–Kier alpha value is -3.20. The van der Waals surface area contributed by atoms with Crippen LogP contribution in [0.1, 0.15) is 6.42 Å². The minimum Gasteiger partial charge on any atom is -0.485 e. The van der Waals surface area contributed by atoms with E-state index in [-0.39, 0.29) is 19.6 Å². The largest absolute Gasteiger partial charge is 0.485 e. The van der Waals surface area contributed by atoms with Crippen molar-refractivity contribution in [1.82, 2.24) is 4.57 Å². The molecule has 150 valence electrons.